The maximum atomic E-state index is 12.4. The quantitative estimate of drug-likeness (QED) is 0.402. The lowest BCUT2D eigenvalue weighted by Gasteiger charge is -2.09. The van der Waals surface area contributed by atoms with Crippen LogP contribution in [-0.2, 0) is 20.1 Å². The summed E-state index contributed by atoms with van der Waals surface area (Å²) in [6.07, 6.45) is 2.88. The molecule has 4 aromatic rings. The van der Waals surface area contributed by atoms with Crippen molar-refractivity contribution in [3.63, 3.8) is 0 Å². The number of imidazole rings is 1. The van der Waals surface area contributed by atoms with Crippen molar-refractivity contribution in [1.29, 1.82) is 0 Å². The van der Waals surface area contributed by atoms with E-state index in [1.807, 2.05) is 48.5 Å². The SMILES string of the molecule is Cn1ncc([N+](=O)[O-])c1C(=O)NCc1cccc(Cn2cnc3ccccc32)c1. The first-order valence-corrected chi connectivity index (χ1v) is 8.95. The number of aryl methyl sites for hydroxylation is 1. The van der Waals surface area contributed by atoms with Gasteiger partial charge in [0, 0.05) is 20.1 Å². The first-order chi connectivity index (χ1) is 14.0. The number of nitrogens with one attached hydrogen (secondary N) is 1. The summed E-state index contributed by atoms with van der Waals surface area (Å²) in [5, 5.41) is 17.6. The van der Waals surface area contributed by atoms with E-state index in [1.165, 1.54) is 11.7 Å². The van der Waals surface area contributed by atoms with Gasteiger partial charge in [0.15, 0.2) is 0 Å². The minimum absolute atomic E-state index is 0.0731. The molecule has 4 rings (SSSR count). The molecule has 0 atom stereocenters. The van der Waals surface area contributed by atoms with E-state index in [0.717, 1.165) is 28.4 Å². The van der Waals surface area contributed by atoms with Crippen molar-refractivity contribution >= 4 is 22.6 Å². The third-order valence-corrected chi connectivity index (χ3v) is 4.66. The largest absolute Gasteiger partial charge is 0.346 e. The highest BCUT2D eigenvalue weighted by molar-refractivity contribution is 5.96. The lowest BCUT2D eigenvalue weighted by molar-refractivity contribution is -0.385. The summed E-state index contributed by atoms with van der Waals surface area (Å²) >= 11 is 0. The Labute approximate surface area is 165 Å². The third kappa shape index (κ3) is 3.70. The second-order valence-electron chi connectivity index (χ2n) is 6.62. The highest BCUT2D eigenvalue weighted by Gasteiger charge is 2.25. The van der Waals surface area contributed by atoms with E-state index in [2.05, 4.69) is 20.0 Å². The highest BCUT2D eigenvalue weighted by Crippen LogP contribution is 2.17. The van der Waals surface area contributed by atoms with E-state index in [4.69, 9.17) is 0 Å². The van der Waals surface area contributed by atoms with Gasteiger partial charge in [-0.05, 0) is 23.3 Å². The smallest absolute Gasteiger partial charge is 0.320 e. The van der Waals surface area contributed by atoms with Gasteiger partial charge in [-0.2, -0.15) is 5.10 Å². The molecule has 9 nitrogen and oxygen atoms in total. The molecule has 0 saturated carbocycles. The molecule has 0 spiro atoms. The number of fused-ring (bicyclic) bond motifs is 1. The Bertz CT molecular complexity index is 1210. The monoisotopic (exact) mass is 390 g/mol. The Morgan fingerprint density at radius 2 is 1.97 bits per heavy atom. The normalized spacial score (nSPS) is 10.9. The van der Waals surface area contributed by atoms with Crippen LogP contribution in [0, 0.1) is 10.1 Å². The van der Waals surface area contributed by atoms with Crippen molar-refractivity contribution in [3.05, 3.63) is 88.0 Å². The number of nitrogens with zero attached hydrogens (tertiary/aromatic N) is 5. The number of hydrogen-bond acceptors (Lipinski definition) is 5. The Morgan fingerprint density at radius 3 is 2.79 bits per heavy atom. The Balaban J connectivity index is 1.48. The summed E-state index contributed by atoms with van der Waals surface area (Å²) < 4.78 is 3.26. The van der Waals surface area contributed by atoms with E-state index in [1.54, 1.807) is 6.33 Å². The number of benzene rings is 2. The number of para-hydroxylation sites is 2. The lowest BCUT2D eigenvalue weighted by Crippen LogP contribution is -2.26. The molecule has 0 aliphatic heterocycles. The van der Waals surface area contributed by atoms with Crippen molar-refractivity contribution in [2.45, 2.75) is 13.1 Å². The van der Waals surface area contributed by atoms with Gasteiger partial charge in [-0.25, -0.2) is 4.98 Å². The molecule has 0 unspecified atom stereocenters. The van der Waals surface area contributed by atoms with Gasteiger partial charge in [0.25, 0.3) is 5.91 Å². The molecule has 9 heteroatoms. The number of carbonyl (C=O) groups excluding carboxylic acids is 1. The van der Waals surface area contributed by atoms with Crippen LogP contribution in [0.15, 0.2) is 61.1 Å². The topological polar surface area (TPSA) is 108 Å². The lowest BCUT2D eigenvalue weighted by atomic mass is 10.1. The van der Waals surface area contributed by atoms with Crippen LogP contribution in [0.1, 0.15) is 21.6 Å². The fraction of sp³-hybridized carbons (Fsp3) is 0.150. The van der Waals surface area contributed by atoms with Crippen molar-refractivity contribution < 1.29 is 9.72 Å². The maximum Gasteiger partial charge on any atom is 0.320 e. The van der Waals surface area contributed by atoms with E-state index in [9.17, 15) is 14.9 Å². The first kappa shape index (κ1) is 18.4. The predicted octanol–water partition coefficient (Wildman–Crippen LogP) is 2.66. The van der Waals surface area contributed by atoms with Crippen molar-refractivity contribution in [2.24, 2.45) is 7.05 Å². The molecule has 146 valence electrons. The molecular formula is C20H18N6O3. The maximum absolute atomic E-state index is 12.4. The van der Waals surface area contributed by atoms with E-state index in [0.29, 0.717) is 6.54 Å². The minimum atomic E-state index is -0.613. The molecule has 1 N–H and O–H groups in total. The van der Waals surface area contributed by atoms with Gasteiger partial charge in [0.2, 0.25) is 5.69 Å². The molecular weight excluding hydrogens is 372 g/mol. The van der Waals surface area contributed by atoms with Gasteiger partial charge in [-0.1, -0.05) is 36.4 Å². The zero-order valence-corrected chi connectivity index (χ0v) is 15.6. The standard InChI is InChI=1S/C20H18N6O3/c1-24-19(18(11-23-24)26(28)29)20(27)21-10-14-5-4-6-15(9-14)12-25-13-22-16-7-2-3-8-17(16)25/h2-9,11,13H,10,12H2,1H3,(H,21,27). The molecule has 2 aromatic carbocycles. The Morgan fingerprint density at radius 1 is 1.17 bits per heavy atom. The molecule has 1 amide bonds. The molecule has 0 aliphatic carbocycles. The van der Waals surface area contributed by atoms with Crippen LogP contribution < -0.4 is 5.32 Å². The molecule has 0 radical (unpaired) electrons. The van der Waals surface area contributed by atoms with Gasteiger partial charge in [0.1, 0.15) is 6.20 Å². The molecule has 0 aliphatic rings. The minimum Gasteiger partial charge on any atom is -0.346 e. The second kappa shape index (κ2) is 7.55. The number of carbonyl (C=O) groups is 1. The van der Waals surface area contributed by atoms with E-state index >= 15 is 0 Å². The molecule has 0 fully saturated rings. The van der Waals surface area contributed by atoms with E-state index in [-0.39, 0.29) is 17.9 Å². The first-order valence-electron chi connectivity index (χ1n) is 8.95. The molecule has 0 bridgehead atoms. The summed E-state index contributed by atoms with van der Waals surface area (Å²) in [6, 6.07) is 15.7. The molecule has 2 aromatic heterocycles. The van der Waals surface area contributed by atoms with Crippen LogP contribution >= 0.6 is 0 Å². The van der Waals surface area contributed by atoms with Gasteiger partial charge >= 0.3 is 5.69 Å². The number of rotatable bonds is 6. The average molecular weight is 390 g/mol. The summed E-state index contributed by atoms with van der Waals surface area (Å²) in [6.45, 7) is 0.898. The van der Waals surface area contributed by atoms with Gasteiger partial charge < -0.3 is 9.88 Å². The van der Waals surface area contributed by atoms with E-state index < -0.39 is 10.8 Å². The van der Waals surface area contributed by atoms with Gasteiger partial charge in [-0.15, -0.1) is 0 Å². The summed E-state index contributed by atoms with van der Waals surface area (Å²) in [4.78, 5) is 27.3. The number of amides is 1. The summed E-state index contributed by atoms with van der Waals surface area (Å²) in [5.74, 6) is -0.539. The Kier molecular flexibility index (Phi) is 4.78. The number of aromatic nitrogens is 4. The summed E-state index contributed by atoms with van der Waals surface area (Å²) in [5.41, 5.74) is 3.56. The zero-order valence-electron chi connectivity index (χ0n) is 15.6. The van der Waals surface area contributed by atoms with Crippen LogP contribution in [0.5, 0.6) is 0 Å². The van der Waals surface area contributed by atoms with Crippen LogP contribution in [0.3, 0.4) is 0 Å². The average Bonchev–Trinajstić information content (AvgIpc) is 3.30. The van der Waals surface area contributed by atoms with Crippen LogP contribution in [0.4, 0.5) is 5.69 Å². The summed E-state index contributed by atoms with van der Waals surface area (Å²) in [7, 11) is 1.50. The predicted molar refractivity (Wildman–Crippen MR) is 106 cm³/mol. The van der Waals surface area contributed by atoms with Crippen LogP contribution in [0.25, 0.3) is 11.0 Å². The van der Waals surface area contributed by atoms with Gasteiger partial charge in [0.05, 0.1) is 22.3 Å². The number of nitro groups is 1. The number of hydrogen-bond donors (Lipinski definition) is 1. The molecule has 2 heterocycles. The third-order valence-electron chi connectivity index (χ3n) is 4.66. The molecule has 29 heavy (non-hydrogen) atoms. The van der Waals surface area contributed by atoms with Crippen LogP contribution in [-0.4, -0.2) is 30.2 Å². The van der Waals surface area contributed by atoms with Crippen molar-refractivity contribution in [1.82, 2.24) is 24.6 Å². The van der Waals surface area contributed by atoms with Crippen LogP contribution in [0.2, 0.25) is 0 Å². The molecule has 0 saturated heterocycles. The van der Waals surface area contributed by atoms with Crippen molar-refractivity contribution in [2.75, 3.05) is 0 Å². The van der Waals surface area contributed by atoms with Crippen molar-refractivity contribution in [3.8, 4) is 0 Å². The van der Waals surface area contributed by atoms with Gasteiger partial charge in [-0.3, -0.25) is 19.6 Å². The highest BCUT2D eigenvalue weighted by atomic mass is 16.6. The Hall–Kier alpha value is -4.01. The fourth-order valence-electron chi connectivity index (χ4n) is 3.26. The fourth-order valence-corrected chi connectivity index (χ4v) is 3.26. The zero-order chi connectivity index (χ0) is 20.4. The second-order valence-corrected chi connectivity index (χ2v) is 6.62.